The number of aromatic nitrogens is 2. The highest BCUT2D eigenvalue weighted by Crippen LogP contribution is 2.35. The van der Waals surface area contributed by atoms with Crippen molar-refractivity contribution in [2.24, 2.45) is 5.10 Å². The molecule has 0 spiro atoms. The van der Waals surface area contributed by atoms with Crippen molar-refractivity contribution in [2.45, 2.75) is 20.1 Å². The summed E-state index contributed by atoms with van der Waals surface area (Å²) in [6.45, 7) is 2.15. The van der Waals surface area contributed by atoms with E-state index in [1.807, 2.05) is 61.5 Å². The second-order valence-corrected chi connectivity index (χ2v) is 11.0. The lowest BCUT2D eigenvalue weighted by atomic mass is 10.0. The Labute approximate surface area is 243 Å². The summed E-state index contributed by atoms with van der Waals surface area (Å²) in [6.07, 6.45) is 2.90. The molecule has 1 N–H and O–H groups in total. The van der Waals surface area contributed by atoms with Gasteiger partial charge in [-0.3, -0.25) is 14.2 Å². The number of nitrogens with zero attached hydrogens (tertiary/aromatic N) is 3. The largest absolute Gasteiger partial charge is 0.493 e. The Kier molecular flexibility index (Phi) is 8.37. The lowest BCUT2D eigenvalue weighted by Gasteiger charge is -2.11. The first-order valence-corrected chi connectivity index (χ1v) is 13.9. The number of benzene rings is 3. The van der Waals surface area contributed by atoms with Gasteiger partial charge < -0.3 is 9.47 Å². The lowest BCUT2D eigenvalue weighted by molar-refractivity contribution is -0.121. The normalized spacial score (nSPS) is 11.2. The van der Waals surface area contributed by atoms with Crippen molar-refractivity contribution in [1.29, 1.82) is 0 Å². The predicted molar refractivity (Wildman–Crippen MR) is 161 cm³/mol. The molecule has 0 aliphatic heterocycles. The van der Waals surface area contributed by atoms with Gasteiger partial charge in [-0.1, -0.05) is 58.4 Å². The third kappa shape index (κ3) is 6.13. The van der Waals surface area contributed by atoms with Gasteiger partial charge in [0, 0.05) is 14.9 Å². The number of fused-ring (bicyclic) bond motifs is 1. The van der Waals surface area contributed by atoms with Crippen LogP contribution in [0.5, 0.6) is 11.5 Å². The molecule has 0 saturated carbocycles. The highest BCUT2D eigenvalue weighted by molar-refractivity contribution is 9.10. The van der Waals surface area contributed by atoms with Crippen molar-refractivity contribution in [3.63, 3.8) is 0 Å². The molecular weight excluding hydrogens is 592 g/mol. The van der Waals surface area contributed by atoms with Crippen LogP contribution < -0.4 is 20.5 Å². The summed E-state index contributed by atoms with van der Waals surface area (Å²) in [5, 5.41) is 4.56. The maximum absolute atomic E-state index is 13.3. The smallest absolute Gasteiger partial charge is 0.263 e. The summed E-state index contributed by atoms with van der Waals surface area (Å²) < 4.78 is 13.7. The van der Waals surface area contributed by atoms with E-state index in [0.717, 1.165) is 26.0 Å². The van der Waals surface area contributed by atoms with Gasteiger partial charge in [0.1, 0.15) is 18.0 Å². The number of amides is 1. The maximum Gasteiger partial charge on any atom is 0.263 e. The van der Waals surface area contributed by atoms with Crippen molar-refractivity contribution >= 4 is 49.6 Å². The van der Waals surface area contributed by atoms with Crippen molar-refractivity contribution in [3.05, 3.63) is 110 Å². The van der Waals surface area contributed by atoms with Gasteiger partial charge in [-0.05, 0) is 53.9 Å². The Balaban J connectivity index is 1.25. The van der Waals surface area contributed by atoms with Crippen LogP contribution in [0, 0.1) is 6.92 Å². The maximum atomic E-state index is 13.3. The fourth-order valence-corrected chi connectivity index (χ4v) is 5.46. The number of thiophene rings is 1. The summed E-state index contributed by atoms with van der Waals surface area (Å²) in [5.41, 5.74) is 5.73. The number of hydrogen-bond donors (Lipinski definition) is 1. The quantitative estimate of drug-likeness (QED) is 0.163. The number of carbonyl (C=O) groups is 1. The molecule has 10 heteroatoms. The minimum Gasteiger partial charge on any atom is -0.493 e. The Morgan fingerprint density at radius 2 is 1.88 bits per heavy atom. The summed E-state index contributed by atoms with van der Waals surface area (Å²) >= 11 is 4.89. The van der Waals surface area contributed by atoms with Gasteiger partial charge in [0.15, 0.2) is 11.5 Å². The van der Waals surface area contributed by atoms with Gasteiger partial charge in [-0.15, -0.1) is 11.3 Å². The standard InChI is InChI=1S/C30H25BrN4O4S/c1-19-27(22-6-4-3-5-7-22)28-29(40-19)32-18-35(30(28)37)16-26(36)34-33-15-21-10-13-24(25(14-21)38-2)39-17-20-8-11-23(31)12-9-20/h3-15,18H,16-17H2,1-2H3,(H,34,36)/b33-15-. The Hall–Kier alpha value is -4.28. The first-order valence-electron chi connectivity index (χ1n) is 12.3. The molecule has 0 bridgehead atoms. The molecule has 5 aromatic rings. The van der Waals surface area contributed by atoms with Crippen LogP contribution in [0.3, 0.4) is 0 Å². The van der Waals surface area contributed by atoms with Crippen molar-refractivity contribution < 1.29 is 14.3 Å². The van der Waals surface area contributed by atoms with E-state index in [2.05, 4.69) is 31.4 Å². The molecule has 1 amide bonds. The molecule has 0 radical (unpaired) electrons. The van der Waals surface area contributed by atoms with Gasteiger partial charge in [0.25, 0.3) is 11.5 Å². The van der Waals surface area contributed by atoms with Crippen LogP contribution in [0.4, 0.5) is 0 Å². The van der Waals surface area contributed by atoms with E-state index in [1.54, 1.807) is 25.3 Å². The van der Waals surface area contributed by atoms with Crippen molar-refractivity contribution in [1.82, 2.24) is 15.0 Å². The highest BCUT2D eigenvalue weighted by atomic mass is 79.9. The number of methoxy groups -OCH3 is 1. The molecule has 8 nitrogen and oxygen atoms in total. The number of halogens is 1. The highest BCUT2D eigenvalue weighted by Gasteiger charge is 2.17. The molecule has 202 valence electrons. The fraction of sp³-hybridized carbons (Fsp3) is 0.133. The number of ether oxygens (including phenoxy) is 2. The Bertz CT molecular complexity index is 1750. The summed E-state index contributed by atoms with van der Waals surface area (Å²) in [4.78, 5) is 32.0. The third-order valence-corrected chi connectivity index (χ3v) is 7.67. The van der Waals surface area contributed by atoms with Crippen molar-refractivity contribution in [3.8, 4) is 22.6 Å². The number of hydrazone groups is 1. The van der Waals surface area contributed by atoms with Gasteiger partial charge in [-0.2, -0.15) is 5.10 Å². The van der Waals surface area contributed by atoms with Gasteiger partial charge >= 0.3 is 0 Å². The number of aryl methyl sites for hydroxylation is 1. The van der Waals surface area contributed by atoms with E-state index in [0.29, 0.717) is 33.9 Å². The molecule has 2 heterocycles. The monoisotopic (exact) mass is 616 g/mol. The van der Waals surface area contributed by atoms with Crippen LogP contribution in [-0.4, -0.2) is 28.8 Å². The minimum atomic E-state index is -0.450. The first-order chi connectivity index (χ1) is 19.4. The number of rotatable bonds is 9. The zero-order valence-corrected chi connectivity index (χ0v) is 24.2. The average molecular weight is 618 g/mol. The van der Waals surface area contributed by atoms with Crippen LogP contribution in [0.2, 0.25) is 0 Å². The van der Waals surface area contributed by atoms with Gasteiger partial charge in [0.2, 0.25) is 0 Å². The molecule has 0 unspecified atom stereocenters. The van der Waals surface area contributed by atoms with E-state index in [-0.39, 0.29) is 12.1 Å². The lowest BCUT2D eigenvalue weighted by Crippen LogP contribution is -2.30. The van der Waals surface area contributed by atoms with Crippen LogP contribution >= 0.6 is 27.3 Å². The van der Waals surface area contributed by atoms with E-state index in [4.69, 9.17) is 9.47 Å². The summed E-state index contributed by atoms with van der Waals surface area (Å²) in [5.74, 6) is 0.681. The van der Waals surface area contributed by atoms with E-state index < -0.39 is 5.91 Å². The summed E-state index contributed by atoms with van der Waals surface area (Å²) in [7, 11) is 1.56. The van der Waals surface area contributed by atoms with E-state index >= 15 is 0 Å². The molecule has 3 aromatic carbocycles. The second kappa shape index (κ2) is 12.3. The molecule has 0 aliphatic carbocycles. The molecule has 40 heavy (non-hydrogen) atoms. The van der Waals surface area contributed by atoms with Crippen LogP contribution in [0.15, 0.2) is 93.5 Å². The number of nitrogens with one attached hydrogen (secondary N) is 1. The average Bonchev–Trinajstić information content (AvgIpc) is 3.31. The molecule has 0 aliphatic rings. The minimum absolute atomic E-state index is 0.214. The Morgan fingerprint density at radius 1 is 1.10 bits per heavy atom. The molecule has 0 fully saturated rings. The zero-order chi connectivity index (χ0) is 28.1. The van der Waals surface area contributed by atoms with Crippen LogP contribution in [0.25, 0.3) is 21.3 Å². The third-order valence-electron chi connectivity index (χ3n) is 6.13. The Morgan fingerprint density at radius 3 is 2.62 bits per heavy atom. The number of carbonyl (C=O) groups excluding carboxylic acids is 1. The van der Waals surface area contributed by atoms with Gasteiger partial charge in [0.05, 0.1) is 25.0 Å². The summed E-state index contributed by atoms with van der Waals surface area (Å²) in [6, 6.07) is 22.9. The molecule has 2 aromatic heterocycles. The molecule has 5 rings (SSSR count). The van der Waals surface area contributed by atoms with E-state index in [9.17, 15) is 9.59 Å². The molecule has 0 atom stereocenters. The SMILES string of the molecule is COc1cc(/C=N\NC(=O)Cn2cnc3sc(C)c(-c4ccccc4)c3c2=O)ccc1OCc1ccc(Br)cc1. The fourth-order valence-electron chi connectivity index (χ4n) is 4.20. The topological polar surface area (TPSA) is 94.8 Å². The van der Waals surface area contributed by atoms with Crippen LogP contribution in [-0.2, 0) is 17.9 Å². The zero-order valence-electron chi connectivity index (χ0n) is 21.8. The molecule has 0 saturated heterocycles. The number of hydrogen-bond acceptors (Lipinski definition) is 7. The van der Waals surface area contributed by atoms with Gasteiger partial charge in [-0.25, -0.2) is 10.4 Å². The van der Waals surface area contributed by atoms with E-state index in [1.165, 1.54) is 28.4 Å². The first kappa shape index (κ1) is 27.3. The van der Waals surface area contributed by atoms with Crippen molar-refractivity contribution in [2.75, 3.05) is 7.11 Å². The van der Waals surface area contributed by atoms with Crippen LogP contribution in [0.1, 0.15) is 16.0 Å². The predicted octanol–water partition coefficient (Wildman–Crippen LogP) is 5.93. The second-order valence-electron chi connectivity index (χ2n) is 8.88. The molecular formula is C30H25BrN4O4S.